The quantitative estimate of drug-likeness (QED) is 0.692. The number of ether oxygens (including phenoxy) is 1. The van der Waals surface area contributed by atoms with E-state index in [-0.39, 0.29) is 6.42 Å². The van der Waals surface area contributed by atoms with E-state index >= 15 is 0 Å². The Bertz CT molecular complexity index is 467. The number of nitriles is 2. The number of rotatable bonds is 3. The molecule has 0 unspecified atom stereocenters. The van der Waals surface area contributed by atoms with Crippen molar-refractivity contribution in [2.75, 3.05) is 7.11 Å². The summed E-state index contributed by atoms with van der Waals surface area (Å²) in [6.45, 7) is 0. The van der Waals surface area contributed by atoms with Gasteiger partial charge in [0.25, 0.3) is 0 Å². The van der Waals surface area contributed by atoms with Gasteiger partial charge in [-0.1, -0.05) is 0 Å². The highest BCUT2D eigenvalue weighted by Gasteiger charge is 2.13. The molecule has 0 spiro atoms. The van der Waals surface area contributed by atoms with Crippen molar-refractivity contribution in [1.82, 2.24) is 0 Å². The van der Waals surface area contributed by atoms with E-state index in [2.05, 4.69) is 0 Å². The maximum absolute atomic E-state index is 10.7. The van der Waals surface area contributed by atoms with Gasteiger partial charge in [-0.05, 0) is 12.1 Å². The lowest BCUT2D eigenvalue weighted by molar-refractivity contribution is 0.112. The van der Waals surface area contributed by atoms with Gasteiger partial charge in [0.2, 0.25) is 0 Å². The van der Waals surface area contributed by atoms with Gasteiger partial charge in [0.1, 0.15) is 5.75 Å². The van der Waals surface area contributed by atoms with Crippen LogP contribution in [0.25, 0.3) is 0 Å². The number of hydrogen-bond donors (Lipinski definition) is 0. The Morgan fingerprint density at radius 3 is 2.67 bits per heavy atom. The molecule has 1 aromatic carbocycles. The fourth-order valence-electron chi connectivity index (χ4n) is 1.34. The summed E-state index contributed by atoms with van der Waals surface area (Å²) in [6, 6.07) is 6.92. The zero-order valence-corrected chi connectivity index (χ0v) is 8.15. The highest BCUT2D eigenvalue weighted by atomic mass is 16.5. The topological polar surface area (TPSA) is 73.9 Å². The van der Waals surface area contributed by atoms with Gasteiger partial charge in [-0.2, -0.15) is 10.5 Å². The summed E-state index contributed by atoms with van der Waals surface area (Å²) >= 11 is 0. The molecule has 1 rings (SSSR count). The van der Waals surface area contributed by atoms with Crippen LogP contribution in [0.4, 0.5) is 0 Å². The normalized spacial score (nSPS) is 8.73. The first-order valence-corrected chi connectivity index (χ1v) is 4.20. The van der Waals surface area contributed by atoms with E-state index in [1.807, 2.05) is 12.1 Å². The number of methoxy groups -OCH3 is 1. The molecule has 0 fully saturated rings. The van der Waals surface area contributed by atoms with E-state index in [9.17, 15) is 4.79 Å². The summed E-state index contributed by atoms with van der Waals surface area (Å²) < 4.78 is 5.03. The molecule has 0 atom stereocenters. The summed E-state index contributed by atoms with van der Waals surface area (Å²) in [7, 11) is 1.41. The zero-order valence-electron chi connectivity index (χ0n) is 8.15. The van der Waals surface area contributed by atoms with Crippen LogP contribution in [0.5, 0.6) is 5.75 Å². The third-order valence-corrected chi connectivity index (χ3v) is 2.00. The van der Waals surface area contributed by atoms with Crippen molar-refractivity contribution in [1.29, 1.82) is 10.5 Å². The second-order valence-electron chi connectivity index (χ2n) is 2.78. The van der Waals surface area contributed by atoms with Crippen LogP contribution < -0.4 is 4.74 Å². The lowest BCUT2D eigenvalue weighted by Gasteiger charge is -2.09. The lowest BCUT2D eigenvalue weighted by atomic mass is 10.0. The number of benzene rings is 1. The van der Waals surface area contributed by atoms with Crippen molar-refractivity contribution in [3.8, 4) is 17.9 Å². The van der Waals surface area contributed by atoms with Crippen LogP contribution in [0, 0.1) is 22.7 Å². The maximum atomic E-state index is 10.7. The van der Waals surface area contributed by atoms with Gasteiger partial charge in [0, 0.05) is 5.56 Å². The molecule has 0 aliphatic rings. The average Bonchev–Trinajstić information content (AvgIpc) is 2.28. The molecule has 1 aromatic rings. The minimum atomic E-state index is 0.0494. The Hall–Kier alpha value is -2.33. The van der Waals surface area contributed by atoms with E-state index in [0.717, 1.165) is 0 Å². The van der Waals surface area contributed by atoms with E-state index in [0.29, 0.717) is 28.7 Å². The summed E-state index contributed by atoms with van der Waals surface area (Å²) in [5.41, 5.74) is 1.17. The first-order chi connectivity index (χ1) is 7.28. The van der Waals surface area contributed by atoms with E-state index < -0.39 is 0 Å². The fourth-order valence-corrected chi connectivity index (χ4v) is 1.34. The molecule has 0 saturated carbocycles. The van der Waals surface area contributed by atoms with Crippen LogP contribution in [0.3, 0.4) is 0 Å². The number of carbonyl (C=O) groups excluding carboxylic acids is 1. The van der Waals surface area contributed by atoms with Crippen molar-refractivity contribution < 1.29 is 9.53 Å². The fraction of sp³-hybridized carbons (Fsp3) is 0.182. The summed E-state index contributed by atoms with van der Waals surface area (Å²) in [5.74, 6) is 0.311. The molecule has 4 heteroatoms. The molecule has 4 nitrogen and oxygen atoms in total. The first kappa shape index (κ1) is 10.7. The second kappa shape index (κ2) is 4.78. The molecule has 74 valence electrons. The first-order valence-electron chi connectivity index (χ1n) is 4.20. The standard InChI is InChI=1S/C11H8N2O2/c1-15-11-9(7-14)3-2-8(6-13)10(11)4-5-12/h2-3,7H,4H2,1H3. The van der Waals surface area contributed by atoms with Crippen LogP contribution in [-0.4, -0.2) is 13.4 Å². The highest BCUT2D eigenvalue weighted by molar-refractivity contribution is 5.81. The molecule has 0 aliphatic carbocycles. The third-order valence-electron chi connectivity index (χ3n) is 2.00. The Morgan fingerprint density at radius 1 is 1.47 bits per heavy atom. The number of carbonyl (C=O) groups is 1. The van der Waals surface area contributed by atoms with Crippen molar-refractivity contribution in [3.05, 3.63) is 28.8 Å². The van der Waals surface area contributed by atoms with Gasteiger partial charge in [0.15, 0.2) is 6.29 Å². The summed E-state index contributed by atoms with van der Waals surface area (Å²) in [4.78, 5) is 10.7. The summed E-state index contributed by atoms with van der Waals surface area (Å²) in [6.07, 6.45) is 0.689. The Morgan fingerprint density at radius 2 is 2.20 bits per heavy atom. The SMILES string of the molecule is COc1c(C=O)ccc(C#N)c1CC#N. The van der Waals surface area contributed by atoms with Crippen LogP contribution in [0.1, 0.15) is 21.5 Å². The van der Waals surface area contributed by atoms with Gasteiger partial charge in [0.05, 0.1) is 36.8 Å². The Labute approximate surface area is 87.3 Å². The smallest absolute Gasteiger partial charge is 0.153 e. The van der Waals surface area contributed by atoms with Gasteiger partial charge in [-0.3, -0.25) is 4.79 Å². The average molecular weight is 200 g/mol. The molecule has 0 saturated heterocycles. The molecule has 0 aliphatic heterocycles. The molecule has 15 heavy (non-hydrogen) atoms. The van der Waals surface area contributed by atoms with Crippen molar-refractivity contribution in [2.45, 2.75) is 6.42 Å². The molecule has 0 amide bonds. The molecule has 0 N–H and O–H groups in total. The van der Waals surface area contributed by atoms with Crippen LogP contribution >= 0.6 is 0 Å². The predicted octanol–water partition coefficient (Wildman–Crippen LogP) is 1.45. The van der Waals surface area contributed by atoms with E-state index in [1.165, 1.54) is 19.2 Å². The van der Waals surface area contributed by atoms with Crippen LogP contribution in [0.15, 0.2) is 12.1 Å². The van der Waals surface area contributed by atoms with Crippen LogP contribution in [0.2, 0.25) is 0 Å². The lowest BCUT2D eigenvalue weighted by Crippen LogP contribution is -1.99. The molecule has 0 aromatic heterocycles. The molecular weight excluding hydrogens is 192 g/mol. The number of aldehydes is 1. The largest absolute Gasteiger partial charge is 0.496 e. The zero-order chi connectivity index (χ0) is 11.3. The van der Waals surface area contributed by atoms with Crippen LogP contribution in [-0.2, 0) is 6.42 Å². The summed E-state index contributed by atoms with van der Waals surface area (Å²) in [5, 5.41) is 17.4. The molecular formula is C11H8N2O2. The predicted molar refractivity (Wildman–Crippen MR) is 52.4 cm³/mol. The number of nitrogens with zero attached hydrogens (tertiary/aromatic N) is 2. The highest BCUT2D eigenvalue weighted by Crippen LogP contribution is 2.26. The minimum absolute atomic E-state index is 0.0494. The number of hydrogen-bond acceptors (Lipinski definition) is 4. The van der Waals surface area contributed by atoms with Gasteiger partial charge >= 0.3 is 0 Å². The van der Waals surface area contributed by atoms with Gasteiger partial charge < -0.3 is 4.74 Å². The monoisotopic (exact) mass is 200 g/mol. The van der Waals surface area contributed by atoms with E-state index in [1.54, 1.807) is 0 Å². The minimum Gasteiger partial charge on any atom is -0.496 e. The molecule has 0 radical (unpaired) electrons. The molecule has 0 bridgehead atoms. The van der Waals surface area contributed by atoms with Crippen molar-refractivity contribution in [2.24, 2.45) is 0 Å². The Balaban J connectivity index is 3.47. The Kier molecular flexibility index (Phi) is 3.43. The van der Waals surface area contributed by atoms with Gasteiger partial charge in [-0.25, -0.2) is 0 Å². The second-order valence-corrected chi connectivity index (χ2v) is 2.78. The van der Waals surface area contributed by atoms with Crippen molar-refractivity contribution >= 4 is 6.29 Å². The van der Waals surface area contributed by atoms with Crippen molar-refractivity contribution in [3.63, 3.8) is 0 Å². The van der Waals surface area contributed by atoms with E-state index in [4.69, 9.17) is 15.3 Å². The van der Waals surface area contributed by atoms with Gasteiger partial charge in [-0.15, -0.1) is 0 Å². The maximum Gasteiger partial charge on any atom is 0.153 e. The third kappa shape index (κ3) is 1.95. The molecule has 0 heterocycles.